The Morgan fingerprint density at radius 2 is 0.905 bits per heavy atom. The number of quaternary nitrogens is 1. The number of likely N-dealkylation sites (N-methyl/N-ethyl adjacent to an activating group) is 1. The summed E-state index contributed by atoms with van der Waals surface area (Å²) in [5, 5.41) is 9.64. The lowest BCUT2D eigenvalue weighted by Gasteiger charge is -2.31. The third kappa shape index (κ3) is 43.5. The van der Waals surface area contributed by atoms with Crippen LogP contribution in [0.25, 0.3) is 0 Å². The second-order valence-electron chi connectivity index (χ2n) is 17.7. The molecule has 0 saturated carbocycles. The number of ether oxygens (including phenoxy) is 3. The lowest BCUT2D eigenvalue weighted by Crippen LogP contribution is -2.50. The van der Waals surface area contributed by atoms with Crippen LogP contribution in [0.2, 0.25) is 0 Å². The summed E-state index contributed by atoms with van der Waals surface area (Å²) in [7, 11) is 5.50. The van der Waals surface area contributed by atoms with E-state index < -0.39 is 18.1 Å². The lowest BCUT2D eigenvalue weighted by atomic mass is 10.1. The summed E-state index contributed by atoms with van der Waals surface area (Å²) in [6, 6.07) is -0.631. The van der Waals surface area contributed by atoms with Gasteiger partial charge in [-0.3, -0.25) is 9.59 Å². The van der Waals surface area contributed by atoms with E-state index >= 15 is 0 Å². The van der Waals surface area contributed by atoms with Crippen LogP contribution in [0.5, 0.6) is 0 Å². The zero-order valence-electron chi connectivity index (χ0n) is 41.0. The van der Waals surface area contributed by atoms with Crippen LogP contribution >= 0.6 is 0 Å². The van der Waals surface area contributed by atoms with Crippen LogP contribution in [0.1, 0.15) is 194 Å². The maximum atomic E-state index is 12.7. The maximum absolute atomic E-state index is 12.7. The molecule has 0 aliphatic heterocycles. The summed E-state index contributed by atoms with van der Waals surface area (Å²) in [5.74, 6) is -1.56. The molecule has 0 heterocycles. The summed E-state index contributed by atoms with van der Waals surface area (Å²) in [6.07, 6.45) is 59.3. The average molecular weight is 881 g/mol. The van der Waals surface area contributed by atoms with Crippen LogP contribution < -0.4 is 0 Å². The van der Waals surface area contributed by atoms with Gasteiger partial charge in [-0.2, -0.15) is 0 Å². The fraction of sp³-hybridized carbons (Fsp3) is 0.691. The van der Waals surface area contributed by atoms with Crippen LogP contribution in [0.15, 0.2) is 85.1 Å². The standard InChI is InChI=1S/C55H93NO7/c1-6-8-10-12-14-16-18-20-22-24-25-26-27-28-30-31-33-35-37-39-41-43-45-53(57)62-50-51(49-61-48-47-52(55(59)60)56(3,4)5)63-54(58)46-44-42-40-38-36-34-32-29-23-21-19-17-15-13-11-9-7-2/h9,11,15,17,21,23-25,27-28,32,34,38,40,51-52H,6-8,10,12-14,16,18-20,22,26,29-31,33,35-37,39,41-50H2,1-5H3/p+1/b11-9+,17-15+,23-21+,25-24+,28-27+,34-32+,40-38+. The SMILES string of the molecule is CC/C=C/C/C=C/C/C=C/C/C=C/C/C=C/CCCC(=O)OC(COCCC(C(=O)O)[N+](C)(C)C)COC(=O)CCCCCCCCC/C=C/C/C=C/CCCCCCCCCC. The molecule has 0 amide bonds. The topological polar surface area (TPSA) is 99.1 Å². The van der Waals surface area contributed by atoms with Gasteiger partial charge < -0.3 is 23.8 Å². The molecule has 0 radical (unpaired) electrons. The molecule has 0 spiro atoms. The Morgan fingerprint density at radius 1 is 0.492 bits per heavy atom. The third-order valence-electron chi connectivity index (χ3n) is 10.8. The number of hydrogen-bond acceptors (Lipinski definition) is 6. The van der Waals surface area contributed by atoms with Crippen LogP contribution in [0.3, 0.4) is 0 Å². The monoisotopic (exact) mass is 881 g/mol. The molecule has 360 valence electrons. The van der Waals surface area contributed by atoms with Gasteiger partial charge in [0.1, 0.15) is 6.61 Å². The number of esters is 2. The molecule has 0 aromatic carbocycles. The van der Waals surface area contributed by atoms with Gasteiger partial charge >= 0.3 is 17.9 Å². The zero-order chi connectivity index (χ0) is 46.3. The van der Waals surface area contributed by atoms with E-state index in [0.717, 1.165) is 70.6 Å². The Balaban J connectivity index is 4.35. The molecular formula is C55H94NO7+. The van der Waals surface area contributed by atoms with E-state index in [-0.39, 0.29) is 42.7 Å². The molecule has 63 heavy (non-hydrogen) atoms. The summed E-state index contributed by atoms with van der Waals surface area (Å²) < 4.78 is 17.3. The Bertz CT molecular complexity index is 1300. The molecule has 0 aromatic rings. The minimum Gasteiger partial charge on any atom is -0.477 e. The Labute approximate surface area is 386 Å². The highest BCUT2D eigenvalue weighted by Crippen LogP contribution is 2.13. The first kappa shape index (κ1) is 59.5. The first-order valence-electron chi connectivity index (χ1n) is 25.1. The van der Waals surface area contributed by atoms with E-state index in [9.17, 15) is 19.5 Å². The number of carboxylic acids is 1. The third-order valence-corrected chi connectivity index (χ3v) is 10.8. The van der Waals surface area contributed by atoms with Gasteiger partial charge in [0.05, 0.1) is 34.4 Å². The van der Waals surface area contributed by atoms with Gasteiger partial charge in [-0.15, -0.1) is 0 Å². The van der Waals surface area contributed by atoms with E-state index in [0.29, 0.717) is 19.3 Å². The quantitative estimate of drug-likeness (QED) is 0.0282. The van der Waals surface area contributed by atoms with Crippen LogP contribution in [0, 0.1) is 0 Å². The molecule has 0 aliphatic rings. The molecule has 0 bridgehead atoms. The van der Waals surface area contributed by atoms with Crippen molar-refractivity contribution in [2.24, 2.45) is 0 Å². The summed E-state index contributed by atoms with van der Waals surface area (Å²) in [6.45, 7) is 4.55. The molecular weight excluding hydrogens is 787 g/mol. The van der Waals surface area contributed by atoms with Crippen molar-refractivity contribution in [2.75, 3.05) is 41.0 Å². The van der Waals surface area contributed by atoms with Crippen molar-refractivity contribution in [1.29, 1.82) is 0 Å². The van der Waals surface area contributed by atoms with E-state index in [1.54, 1.807) is 0 Å². The highest BCUT2D eigenvalue weighted by Gasteiger charge is 2.31. The largest absolute Gasteiger partial charge is 0.477 e. The lowest BCUT2D eigenvalue weighted by molar-refractivity contribution is -0.887. The first-order valence-corrected chi connectivity index (χ1v) is 25.1. The number of carbonyl (C=O) groups is 3. The van der Waals surface area contributed by atoms with E-state index in [1.807, 2.05) is 21.1 Å². The number of rotatable bonds is 44. The van der Waals surface area contributed by atoms with Crippen molar-refractivity contribution in [2.45, 2.75) is 206 Å². The number of allylic oxidation sites excluding steroid dienone is 14. The second-order valence-corrected chi connectivity index (χ2v) is 17.7. The van der Waals surface area contributed by atoms with Gasteiger partial charge in [0.15, 0.2) is 12.1 Å². The van der Waals surface area contributed by atoms with Crippen molar-refractivity contribution in [1.82, 2.24) is 0 Å². The minimum atomic E-state index is -0.888. The number of nitrogens with zero attached hydrogens (tertiary/aromatic N) is 1. The van der Waals surface area contributed by atoms with Gasteiger partial charge in [0.25, 0.3) is 0 Å². The van der Waals surface area contributed by atoms with Gasteiger partial charge in [0.2, 0.25) is 0 Å². The number of carbonyl (C=O) groups excluding carboxylic acids is 2. The van der Waals surface area contributed by atoms with Crippen molar-refractivity contribution in [3.8, 4) is 0 Å². The molecule has 0 saturated heterocycles. The van der Waals surface area contributed by atoms with Gasteiger partial charge in [0, 0.05) is 19.3 Å². The van der Waals surface area contributed by atoms with Gasteiger partial charge in [-0.1, -0.05) is 176 Å². The predicted molar refractivity (Wildman–Crippen MR) is 266 cm³/mol. The molecule has 2 atom stereocenters. The van der Waals surface area contributed by atoms with Crippen molar-refractivity contribution < 1.29 is 38.2 Å². The van der Waals surface area contributed by atoms with Gasteiger partial charge in [-0.25, -0.2) is 4.79 Å². The molecule has 0 rings (SSSR count). The summed E-state index contributed by atoms with van der Waals surface area (Å²) >= 11 is 0. The van der Waals surface area contributed by atoms with Crippen molar-refractivity contribution in [3.05, 3.63) is 85.1 Å². The van der Waals surface area contributed by atoms with Crippen LogP contribution in [0.4, 0.5) is 0 Å². The zero-order valence-corrected chi connectivity index (χ0v) is 41.0. The fourth-order valence-electron chi connectivity index (χ4n) is 6.92. The highest BCUT2D eigenvalue weighted by molar-refractivity contribution is 5.72. The average Bonchev–Trinajstić information content (AvgIpc) is 3.24. The van der Waals surface area contributed by atoms with Crippen LogP contribution in [-0.4, -0.2) is 80.6 Å². The number of carboxylic acid groups (broad SMARTS) is 1. The van der Waals surface area contributed by atoms with Crippen molar-refractivity contribution >= 4 is 17.9 Å². The normalized spacial score (nSPS) is 13.6. The van der Waals surface area contributed by atoms with Crippen LogP contribution in [-0.2, 0) is 28.6 Å². The molecule has 1 N–H and O–H groups in total. The molecule has 2 unspecified atom stereocenters. The summed E-state index contributed by atoms with van der Waals surface area (Å²) in [5.41, 5.74) is 0. The predicted octanol–water partition coefficient (Wildman–Crippen LogP) is 14.5. The fourth-order valence-corrected chi connectivity index (χ4v) is 6.92. The Hall–Kier alpha value is -3.49. The smallest absolute Gasteiger partial charge is 0.362 e. The summed E-state index contributed by atoms with van der Waals surface area (Å²) in [4.78, 5) is 37.1. The number of hydrogen-bond donors (Lipinski definition) is 1. The molecule has 0 aliphatic carbocycles. The Morgan fingerprint density at radius 3 is 1.37 bits per heavy atom. The maximum Gasteiger partial charge on any atom is 0.362 e. The molecule has 0 aromatic heterocycles. The second kappa shape index (κ2) is 45.1. The molecule has 8 nitrogen and oxygen atoms in total. The van der Waals surface area contributed by atoms with Crippen molar-refractivity contribution in [3.63, 3.8) is 0 Å². The first-order chi connectivity index (χ1) is 30.6. The Kier molecular flexibility index (Phi) is 42.6. The van der Waals surface area contributed by atoms with E-state index in [2.05, 4.69) is 98.9 Å². The van der Waals surface area contributed by atoms with E-state index in [4.69, 9.17) is 14.2 Å². The highest BCUT2D eigenvalue weighted by atomic mass is 16.6. The van der Waals surface area contributed by atoms with E-state index in [1.165, 1.54) is 83.5 Å². The number of unbranched alkanes of at least 4 members (excludes halogenated alkanes) is 16. The number of aliphatic carboxylic acids is 1. The molecule has 0 fully saturated rings. The van der Waals surface area contributed by atoms with Gasteiger partial charge in [-0.05, 0) is 83.5 Å². The minimum absolute atomic E-state index is 0.0313. The molecule has 8 heteroatoms.